The van der Waals surface area contributed by atoms with Crippen LogP contribution in [0, 0.1) is 0 Å². The molecule has 0 saturated heterocycles. The van der Waals surface area contributed by atoms with Crippen molar-refractivity contribution in [2.24, 2.45) is 0 Å². The molecule has 1 N–H and O–H groups in total. The van der Waals surface area contributed by atoms with Crippen molar-refractivity contribution >= 4 is 5.91 Å². The molecular weight excluding hydrogens is 398 g/mol. The van der Waals surface area contributed by atoms with Gasteiger partial charge in [-0.3, -0.25) is 14.5 Å². The maximum Gasteiger partial charge on any atom is 0.240 e. The molecular formula is C23H29N3O5. The normalized spacial score (nSPS) is 15.8. The van der Waals surface area contributed by atoms with Gasteiger partial charge in [-0.25, -0.2) is 0 Å². The van der Waals surface area contributed by atoms with E-state index in [1.807, 2.05) is 16.7 Å². The number of aromatic nitrogens is 1. The zero-order valence-corrected chi connectivity index (χ0v) is 18.3. The van der Waals surface area contributed by atoms with E-state index in [9.17, 15) is 9.59 Å². The molecule has 2 heterocycles. The summed E-state index contributed by atoms with van der Waals surface area (Å²) in [6.45, 7) is 2.29. The van der Waals surface area contributed by atoms with Gasteiger partial charge >= 0.3 is 0 Å². The minimum Gasteiger partial charge on any atom is -0.493 e. The van der Waals surface area contributed by atoms with Crippen LogP contribution in [-0.2, 0) is 30.8 Å². The molecule has 0 radical (unpaired) electrons. The SMILES string of the molecule is COc1cc2c(cc1OC)CN(Cc1cc(=O)c(OC)cn1CC(=O)NC1CC1)CC2. The van der Waals surface area contributed by atoms with E-state index in [-0.39, 0.29) is 23.6 Å². The van der Waals surface area contributed by atoms with E-state index < -0.39 is 0 Å². The molecule has 1 aliphatic carbocycles. The first-order valence-electron chi connectivity index (χ1n) is 10.5. The number of nitrogens with zero attached hydrogens (tertiary/aromatic N) is 2. The van der Waals surface area contributed by atoms with Crippen LogP contribution in [0.15, 0.2) is 29.2 Å². The molecule has 1 fully saturated rings. The summed E-state index contributed by atoms with van der Waals surface area (Å²) < 4.78 is 17.9. The largest absolute Gasteiger partial charge is 0.493 e. The highest BCUT2D eigenvalue weighted by Crippen LogP contribution is 2.33. The Bertz CT molecular complexity index is 1030. The quantitative estimate of drug-likeness (QED) is 0.691. The lowest BCUT2D eigenvalue weighted by Gasteiger charge is -2.30. The van der Waals surface area contributed by atoms with Crippen molar-refractivity contribution in [3.8, 4) is 17.2 Å². The van der Waals surface area contributed by atoms with E-state index in [4.69, 9.17) is 14.2 Å². The molecule has 2 aromatic rings. The number of hydrogen-bond donors (Lipinski definition) is 1. The van der Waals surface area contributed by atoms with Crippen LogP contribution < -0.4 is 25.0 Å². The van der Waals surface area contributed by atoms with E-state index in [1.54, 1.807) is 26.5 Å². The highest BCUT2D eigenvalue weighted by atomic mass is 16.5. The lowest BCUT2D eigenvalue weighted by atomic mass is 9.98. The first kappa shape index (κ1) is 21.2. The Morgan fingerprint density at radius 1 is 1.03 bits per heavy atom. The van der Waals surface area contributed by atoms with Gasteiger partial charge in [0.25, 0.3) is 0 Å². The first-order valence-corrected chi connectivity index (χ1v) is 10.5. The maximum absolute atomic E-state index is 12.4. The topological polar surface area (TPSA) is 82.0 Å². The van der Waals surface area contributed by atoms with Gasteiger partial charge in [0.15, 0.2) is 17.2 Å². The number of pyridine rings is 1. The first-order chi connectivity index (χ1) is 15.0. The average Bonchev–Trinajstić information content (AvgIpc) is 3.58. The Labute approximate surface area is 181 Å². The number of ether oxygens (including phenoxy) is 3. The number of carbonyl (C=O) groups is 1. The summed E-state index contributed by atoms with van der Waals surface area (Å²) in [6.07, 6.45) is 4.58. The third-order valence-corrected chi connectivity index (χ3v) is 5.84. The summed E-state index contributed by atoms with van der Waals surface area (Å²) in [5.41, 5.74) is 3.03. The third kappa shape index (κ3) is 4.85. The molecule has 4 rings (SSSR count). The van der Waals surface area contributed by atoms with Crippen LogP contribution in [0.1, 0.15) is 29.7 Å². The standard InChI is InChI=1S/C23H29N3O5/c1-29-20-8-15-6-7-25(11-16(15)9-21(20)30-2)12-18-10-19(27)22(31-3)13-26(18)14-23(28)24-17-4-5-17/h8-10,13,17H,4-7,11-12,14H2,1-3H3,(H,24,28). The molecule has 0 unspecified atom stereocenters. The van der Waals surface area contributed by atoms with Crippen LogP contribution in [-0.4, -0.2) is 49.3 Å². The van der Waals surface area contributed by atoms with Gasteiger partial charge in [-0.05, 0) is 42.5 Å². The van der Waals surface area contributed by atoms with Crippen LogP contribution in [0.4, 0.5) is 0 Å². The van der Waals surface area contributed by atoms with Crippen molar-refractivity contribution in [1.29, 1.82) is 0 Å². The van der Waals surface area contributed by atoms with Crippen LogP contribution in [0.2, 0.25) is 0 Å². The number of nitrogens with one attached hydrogen (secondary N) is 1. The van der Waals surface area contributed by atoms with Crippen molar-refractivity contribution in [2.45, 2.75) is 44.9 Å². The number of methoxy groups -OCH3 is 3. The fourth-order valence-corrected chi connectivity index (χ4v) is 3.99. The Hall–Kier alpha value is -3.00. The third-order valence-electron chi connectivity index (χ3n) is 5.84. The minimum absolute atomic E-state index is 0.0460. The monoisotopic (exact) mass is 427 g/mol. The Morgan fingerprint density at radius 3 is 2.35 bits per heavy atom. The Balaban J connectivity index is 1.55. The number of carbonyl (C=O) groups excluding carboxylic acids is 1. The summed E-state index contributed by atoms with van der Waals surface area (Å²) in [5.74, 6) is 1.64. The molecule has 1 aromatic heterocycles. The fourth-order valence-electron chi connectivity index (χ4n) is 3.99. The van der Waals surface area contributed by atoms with Gasteiger partial charge in [0.05, 0.1) is 27.5 Å². The highest BCUT2D eigenvalue weighted by molar-refractivity contribution is 5.76. The van der Waals surface area contributed by atoms with Gasteiger partial charge in [0, 0.05) is 37.4 Å². The van der Waals surface area contributed by atoms with Crippen molar-refractivity contribution in [3.63, 3.8) is 0 Å². The smallest absolute Gasteiger partial charge is 0.240 e. The predicted molar refractivity (Wildman–Crippen MR) is 116 cm³/mol. The lowest BCUT2D eigenvalue weighted by Crippen LogP contribution is -2.34. The van der Waals surface area contributed by atoms with Crippen LogP contribution >= 0.6 is 0 Å². The summed E-state index contributed by atoms with van der Waals surface area (Å²) in [7, 11) is 4.74. The van der Waals surface area contributed by atoms with Crippen molar-refractivity contribution in [3.05, 3.63) is 51.4 Å². The van der Waals surface area contributed by atoms with Crippen molar-refractivity contribution < 1.29 is 19.0 Å². The molecule has 2 aliphatic rings. The van der Waals surface area contributed by atoms with Gasteiger partial charge < -0.3 is 24.1 Å². The number of hydrogen-bond acceptors (Lipinski definition) is 6. The maximum atomic E-state index is 12.4. The molecule has 0 bridgehead atoms. The predicted octanol–water partition coefficient (Wildman–Crippen LogP) is 1.71. The molecule has 31 heavy (non-hydrogen) atoms. The zero-order valence-electron chi connectivity index (χ0n) is 18.3. The fraction of sp³-hybridized carbons (Fsp3) is 0.478. The van der Waals surface area contributed by atoms with Crippen LogP contribution in [0.25, 0.3) is 0 Å². The van der Waals surface area contributed by atoms with Crippen LogP contribution in [0.3, 0.4) is 0 Å². The molecule has 1 saturated carbocycles. The Morgan fingerprint density at radius 2 is 1.71 bits per heavy atom. The molecule has 8 heteroatoms. The highest BCUT2D eigenvalue weighted by Gasteiger charge is 2.24. The number of benzene rings is 1. The molecule has 8 nitrogen and oxygen atoms in total. The van der Waals surface area contributed by atoms with Crippen molar-refractivity contribution in [2.75, 3.05) is 27.9 Å². The van der Waals surface area contributed by atoms with Gasteiger partial charge in [0.1, 0.15) is 6.54 Å². The molecule has 1 aromatic carbocycles. The average molecular weight is 428 g/mol. The Kier molecular flexibility index (Phi) is 6.18. The molecule has 1 aliphatic heterocycles. The summed E-state index contributed by atoms with van der Waals surface area (Å²) >= 11 is 0. The van der Waals surface area contributed by atoms with E-state index >= 15 is 0 Å². The molecule has 1 amide bonds. The summed E-state index contributed by atoms with van der Waals surface area (Å²) in [4.78, 5) is 27.1. The number of fused-ring (bicyclic) bond motifs is 1. The molecule has 166 valence electrons. The van der Waals surface area contributed by atoms with Gasteiger partial charge in [-0.1, -0.05) is 0 Å². The molecule has 0 spiro atoms. The number of amides is 1. The van der Waals surface area contributed by atoms with E-state index in [0.717, 1.165) is 43.8 Å². The van der Waals surface area contributed by atoms with Gasteiger partial charge in [-0.2, -0.15) is 0 Å². The van der Waals surface area contributed by atoms with Gasteiger partial charge in [-0.15, -0.1) is 0 Å². The van der Waals surface area contributed by atoms with Gasteiger partial charge in [0.2, 0.25) is 11.3 Å². The second-order valence-corrected chi connectivity index (χ2v) is 8.10. The number of rotatable bonds is 8. The van der Waals surface area contributed by atoms with E-state index in [0.29, 0.717) is 18.3 Å². The van der Waals surface area contributed by atoms with Crippen LogP contribution in [0.5, 0.6) is 17.2 Å². The summed E-state index contributed by atoms with van der Waals surface area (Å²) in [6, 6.07) is 5.93. The second kappa shape index (κ2) is 9.01. The summed E-state index contributed by atoms with van der Waals surface area (Å²) in [5, 5.41) is 3.00. The van der Waals surface area contributed by atoms with Crippen molar-refractivity contribution in [1.82, 2.24) is 14.8 Å². The van der Waals surface area contributed by atoms with E-state index in [1.165, 1.54) is 18.2 Å². The second-order valence-electron chi connectivity index (χ2n) is 8.10. The molecule has 0 atom stereocenters. The van der Waals surface area contributed by atoms with E-state index in [2.05, 4.69) is 10.2 Å². The lowest BCUT2D eigenvalue weighted by molar-refractivity contribution is -0.121. The zero-order chi connectivity index (χ0) is 22.0. The minimum atomic E-state index is -0.180.